The van der Waals surface area contributed by atoms with Gasteiger partial charge in [0.05, 0.1) is 10.6 Å². The Morgan fingerprint density at radius 1 is 1.09 bits per heavy atom. The number of thioether (sulfide) groups is 1. The van der Waals surface area contributed by atoms with E-state index in [1.54, 1.807) is 31.3 Å². The fourth-order valence-electron chi connectivity index (χ4n) is 2.02. The molecule has 0 aromatic heterocycles. The summed E-state index contributed by atoms with van der Waals surface area (Å²) >= 11 is 1.30. The van der Waals surface area contributed by atoms with Crippen molar-refractivity contribution in [2.24, 2.45) is 4.99 Å². The standard InChI is InChI=1S/C17H14N2O2S/c1-19-16(21)15(11-12-7-5-6-10-14(12)20)22-17(19)18-13-8-3-2-4-9-13/h2-11,20H,1H3/b15-11+,18-17?. The maximum absolute atomic E-state index is 12.3. The molecule has 0 atom stereocenters. The van der Waals surface area contributed by atoms with Crippen LogP contribution < -0.4 is 0 Å². The number of benzene rings is 2. The summed E-state index contributed by atoms with van der Waals surface area (Å²) in [5, 5.41) is 10.4. The van der Waals surface area contributed by atoms with E-state index in [4.69, 9.17) is 0 Å². The van der Waals surface area contributed by atoms with E-state index in [0.717, 1.165) is 5.69 Å². The average molecular weight is 310 g/mol. The molecule has 3 rings (SSSR count). The van der Waals surface area contributed by atoms with Gasteiger partial charge in [0, 0.05) is 12.6 Å². The van der Waals surface area contributed by atoms with Crippen molar-refractivity contribution in [3.63, 3.8) is 0 Å². The highest BCUT2D eigenvalue weighted by atomic mass is 32.2. The molecular formula is C17H14N2O2S. The van der Waals surface area contributed by atoms with E-state index in [-0.39, 0.29) is 11.7 Å². The third-order valence-corrected chi connectivity index (χ3v) is 4.27. The number of para-hydroxylation sites is 2. The van der Waals surface area contributed by atoms with Crippen molar-refractivity contribution in [2.45, 2.75) is 0 Å². The predicted molar refractivity (Wildman–Crippen MR) is 90.0 cm³/mol. The average Bonchev–Trinajstić information content (AvgIpc) is 2.79. The van der Waals surface area contributed by atoms with Crippen molar-refractivity contribution >= 4 is 34.6 Å². The zero-order valence-electron chi connectivity index (χ0n) is 11.9. The number of nitrogens with zero attached hydrogens (tertiary/aromatic N) is 2. The van der Waals surface area contributed by atoms with Crippen LogP contribution in [0.15, 0.2) is 64.5 Å². The van der Waals surface area contributed by atoms with Crippen molar-refractivity contribution < 1.29 is 9.90 Å². The number of aromatic hydroxyl groups is 1. The number of carbonyl (C=O) groups is 1. The number of amidine groups is 1. The van der Waals surface area contributed by atoms with Gasteiger partial charge in [-0.2, -0.15) is 0 Å². The van der Waals surface area contributed by atoms with Gasteiger partial charge in [0.15, 0.2) is 5.17 Å². The van der Waals surface area contributed by atoms with Crippen LogP contribution in [-0.2, 0) is 4.79 Å². The van der Waals surface area contributed by atoms with Gasteiger partial charge < -0.3 is 5.11 Å². The summed E-state index contributed by atoms with van der Waals surface area (Å²) in [6.07, 6.45) is 1.69. The third-order valence-electron chi connectivity index (χ3n) is 3.21. The monoisotopic (exact) mass is 310 g/mol. The second kappa shape index (κ2) is 6.07. The van der Waals surface area contributed by atoms with Crippen LogP contribution in [0.5, 0.6) is 5.75 Å². The quantitative estimate of drug-likeness (QED) is 0.862. The normalized spacial score (nSPS) is 18.4. The summed E-state index contributed by atoms with van der Waals surface area (Å²) in [5.74, 6) is 0.0300. The molecule has 0 radical (unpaired) electrons. The van der Waals surface area contributed by atoms with Crippen LogP contribution in [0.2, 0.25) is 0 Å². The molecule has 1 fully saturated rings. The Hall–Kier alpha value is -2.53. The van der Waals surface area contributed by atoms with Gasteiger partial charge in [0.1, 0.15) is 5.75 Å². The second-order valence-electron chi connectivity index (χ2n) is 4.76. The minimum Gasteiger partial charge on any atom is -0.507 e. The number of likely N-dealkylation sites (N-methyl/N-ethyl adjacent to an activating group) is 1. The zero-order valence-corrected chi connectivity index (χ0v) is 12.7. The Bertz CT molecular complexity index is 769. The number of aliphatic imine (C=N–C) groups is 1. The number of phenols is 1. The molecule has 1 aliphatic rings. The van der Waals surface area contributed by atoms with Crippen LogP contribution in [0.25, 0.3) is 6.08 Å². The van der Waals surface area contributed by atoms with Crippen molar-refractivity contribution in [2.75, 3.05) is 7.05 Å². The molecule has 0 spiro atoms. The fraction of sp³-hybridized carbons (Fsp3) is 0.0588. The van der Waals surface area contributed by atoms with Crippen LogP contribution in [0, 0.1) is 0 Å². The highest BCUT2D eigenvalue weighted by Gasteiger charge is 2.30. The molecule has 2 aromatic rings. The first-order valence-corrected chi connectivity index (χ1v) is 7.56. The van der Waals surface area contributed by atoms with Gasteiger partial charge in [0.25, 0.3) is 5.91 Å². The molecule has 0 saturated carbocycles. The Morgan fingerprint density at radius 3 is 2.50 bits per heavy atom. The van der Waals surface area contributed by atoms with Crippen LogP contribution in [-0.4, -0.2) is 28.1 Å². The number of phenolic OH excluding ortho intramolecular Hbond substituents is 1. The Labute approximate surface area is 132 Å². The minimum absolute atomic E-state index is 0.122. The maximum Gasteiger partial charge on any atom is 0.266 e. The van der Waals surface area contributed by atoms with Crippen molar-refractivity contribution in [3.8, 4) is 5.75 Å². The van der Waals surface area contributed by atoms with Gasteiger partial charge in [0.2, 0.25) is 0 Å². The summed E-state index contributed by atoms with van der Waals surface area (Å²) < 4.78 is 0. The van der Waals surface area contributed by atoms with Gasteiger partial charge in [-0.3, -0.25) is 9.69 Å². The van der Waals surface area contributed by atoms with Crippen molar-refractivity contribution in [1.29, 1.82) is 0 Å². The lowest BCUT2D eigenvalue weighted by atomic mass is 10.2. The number of amides is 1. The maximum atomic E-state index is 12.3. The SMILES string of the molecule is CN1C(=O)/C(=C\c2ccccc2O)SC1=Nc1ccccc1. The Balaban J connectivity index is 1.92. The lowest BCUT2D eigenvalue weighted by molar-refractivity contribution is -0.121. The first-order valence-electron chi connectivity index (χ1n) is 6.74. The molecule has 0 unspecified atom stereocenters. The zero-order chi connectivity index (χ0) is 15.5. The predicted octanol–water partition coefficient (Wildman–Crippen LogP) is 3.63. The van der Waals surface area contributed by atoms with E-state index < -0.39 is 0 Å². The molecule has 5 heteroatoms. The molecular weight excluding hydrogens is 296 g/mol. The van der Waals surface area contributed by atoms with Crippen LogP contribution in [0.1, 0.15) is 5.56 Å². The first kappa shape index (κ1) is 14.4. The summed E-state index contributed by atoms with van der Waals surface area (Å²) in [4.78, 5) is 18.8. The van der Waals surface area contributed by atoms with Gasteiger partial charge >= 0.3 is 0 Å². The van der Waals surface area contributed by atoms with Crippen molar-refractivity contribution in [3.05, 3.63) is 65.1 Å². The van der Waals surface area contributed by atoms with Crippen LogP contribution in [0.3, 0.4) is 0 Å². The van der Waals surface area contributed by atoms with Gasteiger partial charge in [-0.15, -0.1) is 0 Å². The second-order valence-corrected chi connectivity index (χ2v) is 5.77. The van der Waals surface area contributed by atoms with E-state index in [2.05, 4.69) is 4.99 Å². The number of hydrogen-bond acceptors (Lipinski definition) is 4. The fourth-order valence-corrected chi connectivity index (χ4v) is 2.99. The smallest absolute Gasteiger partial charge is 0.266 e. The highest BCUT2D eigenvalue weighted by Crippen LogP contribution is 2.34. The molecule has 110 valence electrons. The molecule has 1 amide bonds. The number of rotatable bonds is 2. The summed E-state index contributed by atoms with van der Waals surface area (Å²) in [7, 11) is 1.70. The Morgan fingerprint density at radius 2 is 1.77 bits per heavy atom. The van der Waals surface area contributed by atoms with Gasteiger partial charge in [-0.05, 0) is 36.0 Å². The summed E-state index contributed by atoms with van der Waals surface area (Å²) in [6, 6.07) is 16.4. The summed E-state index contributed by atoms with van der Waals surface area (Å²) in [5.41, 5.74) is 1.42. The molecule has 1 saturated heterocycles. The molecule has 1 heterocycles. The van der Waals surface area contributed by atoms with Crippen LogP contribution >= 0.6 is 11.8 Å². The molecule has 1 aliphatic heterocycles. The van der Waals surface area contributed by atoms with E-state index in [1.807, 2.05) is 36.4 Å². The van der Waals surface area contributed by atoms with Crippen molar-refractivity contribution in [1.82, 2.24) is 4.90 Å². The summed E-state index contributed by atoms with van der Waals surface area (Å²) in [6.45, 7) is 0. The van der Waals surface area contributed by atoms with Gasteiger partial charge in [-0.1, -0.05) is 36.4 Å². The topological polar surface area (TPSA) is 52.9 Å². The molecule has 22 heavy (non-hydrogen) atoms. The van der Waals surface area contributed by atoms with Crippen LogP contribution in [0.4, 0.5) is 5.69 Å². The minimum atomic E-state index is -0.122. The highest BCUT2D eigenvalue weighted by molar-refractivity contribution is 8.18. The van der Waals surface area contributed by atoms with E-state index in [9.17, 15) is 9.90 Å². The lowest BCUT2D eigenvalue weighted by Gasteiger charge is -2.06. The molecule has 0 bridgehead atoms. The number of hydrogen-bond donors (Lipinski definition) is 1. The molecule has 4 nitrogen and oxygen atoms in total. The molecule has 1 N–H and O–H groups in total. The van der Waals surface area contributed by atoms with E-state index in [1.165, 1.54) is 16.7 Å². The Kier molecular flexibility index (Phi) is 3.98. The van der Waals surface area contributed by atoms with Gasteiger partial charge in [-0.25, -0.2) is 4.99 Å². The first-order chi connectivity index (χ1) is 10.6. The molecule has 0 aliphatic carbocycles. The number of carbonyl (C=O) groups excluding carboxylic acids is 1. The van der Waals surface area contributed by atoms with E-state index >= 15 is 0 Å². The largest absolute Gasteiger partial charge is 0.507 e. The lowest BCUT2D eigenvalue weighted by Crippen LogP contribution is -2.23. The van der Waals surface area contributed by atoms with E-state index in [0.29, 0.717) is 15.6 Å². The molecule has 2 aromatic carbocycles. The third kappa shape index (κ3) is 2.89.